The van der Waals surface area contributed by atoms with Crippen molar-refractivity contribution < 1.29 is 42.6 Å². The number of carbonyl (C=O) groups is 5. The molecule has 3 amide bonds. The van der Waals surface area contributed by atoms with Crippen LogP contribution in [-0.4, -0.2) is 64.8 Å². The number of thioether (sulfide) groups is 1. The van der Waals surface area contributed by atoms with E-state index in [1.807, 2.05) is 6.07 Å². The quantitative estimate of drug-likeness (QED) is 0.106. The van der Waals surface area contributed by atoms with Crippen molar-refractivity contribution in [2.24, 2.45) is 0 Å². The Morgan fingerprint density at radius 1 is 0.882 bits per heavy atom. The first-order valence-electron chi connectivity index (χ1n) is 15.5. The highest BCUT2D eigenvalue weighted by atomic mass is 32.2. The van der Waals surface area contributed by atoms with E-state index < -0.39 is 59.4 Å². The second-order valence-corrected chi connectivity index (χ2v) is 12.6. The van der Waals surface area contributed by atoms with Gasteiger partial charge in [0.1, 0.15) is 34.2 Å². The zero-order chi connectivity index (χ0) is 36.5. The van der Waals surface area contributed by atoms with Gasteiger partial charge in [0.25, 0.3) is 5.91 Å². The molecular formula is C37H30F2N4O7S. The molecule has 14 heteroatoms. The molecule has 3 atom stereocenters. The molecule has 0 spiro atoms. The molecule has 1 aliphatic rings. The predicted molar refractivity (Wildman–Crippen MR) is 182 cm³/mol. The Morgan fingerprint density at radius 2 is 1.47 bits per heavy atom. The van der Waals surface area contributed by atoms with Crippen LogP contribution in [0.5, 0.6) is 5.75 Å². The van der Waals surface area contributed by atoms with Crippen LogP contribution in [0.15, 0.2) is 97.1 Å². The Balaban J connectivity index is 1.18. The van der Waals surface area contributed by atoms with E-state index in [1.54, 1.807) is 48.5 Å². The molecule has 1 fully saturated rings. The number of nitrogens with zero attached hydrogens (tertiary/aromatic N) is 1. The van der Waals surface area contributed by atoms with Crippen molar-refractivity contribution in [2.75, 3.05) is 18.9 Å². The highest BCUT2D eigenvalue weighted by molar-refractivity contribution is 8.01. The van der Waals surface area contributed by atoms with Gasteiger partial charge in [0.2, 0.25) is 11.8 Å². The number of aliphatic carboxylic acids is 1. The summed E-state index contributed by atoms with van der Waals surface area (Å²) in [6.07, 6.45) is -0.0283. The molecule has 0 unspecified atom stereocenters. The lowest BCUT2D eigenvalue weighted by atomic mass is 9.74. The maximum absolute atomic E-state index is 13.9. The average molecular weight is 713 g/mol. The summed E-state index contributed by atoms with van der Waals surface area (Å²) >= 11 is 1.10. The van der Waals surface area contributed by atoms with Gasteiger partial charge in [0.15, 0.2) is 12.4 Å². The van der Waals surface area contributed by atoms with Crippen molar-refractivity contribution in [2.45, 2.75) is 23.3 Å². The van der Waals surface area contributed by atoms with Gasteiger partial charge in [0, 0.05) is 12.0 Å². The summed E-state index contributed by atoms with van der Waals surface area (Å²) in [6, 6.07) is 24.2. The predicted octanol–water partition coefficient (Wildman–Crippen LogP) is 3.50. The smallest absolute Gasteiger partial charge is 0.326 e. The lowest BCUT2D eigenvalue weighted by Crippen LogP contribution is -2.69. The second-order valence-electron chi connectivity index (χ2n) is 11.5. The summed E-state index contributed by atoms with van der Waals surface area (Å²) in [5.41, 5.74) is 1.35. The number of carboxylic acid groups (broad SMARTS) is 1. The van der Waals surface area contributed by atoms with Gasteiger partial charge in [-0.1, -0.05) is 36.4 Å². The molecule has 0 radical (unpaired) electrons. The van der Waals surface area contributed by atoms with E-state index in [1.165, 1.54) is 48.5 Å². The van der Waals surface area contributed by atoms with Crippen LogP contribution >= 0.6 is 11.8 Å². The number of nitrogens with one attached hydrogen (secondary N) is 3. The molecule has 0 bridgehead atoms. The van der Waals surface area contributed by atoms with E-state index in [-0.39, 0.29) is 29.6 Å². The van der Waals surface area contributed by atoms with Gasteiger partial charge in [0.05, 0.1) is 23.9 Å². The van der Waals surface area contributed by atoms with Gasteiger partial charge in [-0.05, 0) is 77.4 Å². The number of nitriles is 1. The Bertz CT molecular complexity index is 1970. The number of ketones is 1. The molecule has 1 aliphatic heterocycles. The molecule has 4 aromatic rings. The van der Waals surface area contributed by atoms with E-state index in [0.717, 1.165) is 11.8 Å². The Morgan fingerprint density at radius 3 is 2.04 bits per heavy atom. The fraction of sp³-hybridized carbons (Fsp3) is 0.189. The van der Waals surface area contributed by atoms with Gasteiger partial charge in [-0.15, -0.1) is 11.8 Å². The van der Waals surface area contributed by atoms with Crippen molar-refractivity contribution in [1.82, 2.24) is 16.0 Å². The molecule has 51 heavy (non-hydrogen) atoms. The van der Waals surface area contributed by atoms with E-state index in [2.05, 4.69) is 16.0 Å². The number of Topliss-reactive ketones (excluding diaryl/α,β-unsaturated/α-hetero) is 1. The van der Waals surface area contributed by atoms with Crippen LogP contribution in [0, 0.1) is 23.0 Å². The van der Waals surface area contributed by atoms with Crippen molar-refractivity contribution in [3.63, 3.8) is 0 Å². The molecule has 260 valence electrons. The summed E-state index contributed by atoms with van der Waals surface area (Å²) in [7, 11) is 0. The first-order chi connectivity index (χ1) is 24.5. The monoisotopic (exact) mass is 712 g/mol. The Hall–Kier alpha value is -6.07. The first kappa shape index (κ1) is 36.2. The highest BCUT2D eigenvalue weighted by Crippen LogP contribution is 2.46. The minimum Gasteiger partial charge on any atom is -0.484 e. The molecule has 1 heterocycles. The molecular weight excluding hydrogens is 682 g/mol. The number of rotatable bonds is 15. The number of hydrogen-bond acceptors (Lipinski definition) is 8. The molecule has 0 aromatic heterocycles. The third-order valence-corrected chi connectivity index (χ3v) is 9.41. The highest BCUT2D eigenvalue weighted by Gasteiger charge is 2.56. The molecule has 0 saturated carbocycles. The van der Waals surface area contributed by atoms with Gasteiger partial charge in [-0.2, -0.15) is 5.26 Å². The normalized spacial score (nSPS) is 16.8. The number of β-lactam (4-membered cyclic amide) rings is 1. The van der Waals surface area contributed by atoms with Crippen LogP contribution in [0.25, 0.3) is 0 Å². The fourth-order valence-corrected chi connectivity index (χ4v) is 6.72. The van der Waals surface area contributed by atoms with Crippen molar-refractivity contribution in [3.8, 4) is 11.8 Å². The van der Waals surface area contributed by atoms with Gasteiger partial charge < -0.3 is 25.8 Å². The van der Waals surface area contributed by atoms with Crippen LogP contribution in [0.2, 0.25) is 0 Å². The van der Waals surface area contributed by atoms with Gasteiger partial charge >= 0.3 is 5.97 Å². The zero-order valence-electron chi connectivity index (χ0n) is 26.7. The minimum absolute atomic E-state index is 0.0283. The van der Waals surface area contributed by atoms with Gasteiger partial charge in [-0.25, -0.2) is 13.6 Å². The number of ether oxygens (including phenoxy) is 1. The Labute approximate surface area is 295 Å². The summed E-state index contributed by atoms with van der Waals surface area (Å²) in [4.78, 5) is 62.2. The SMILES string of the molecule is N#Cc1ccc(C[C@@H](NC(=O)CNC(=O)COc2ccc([C@]3(c4ccc(F)cc4)NC(=O)[C@@H]3SCC(=O)c3ccc(F)cc3)cc2)C(=O)O)cc1. The van der Waals surface area contributed by atoms with Crippen LogP contribution in [0.1, 0.15) is 32.6 Å². The number of carboxylic acids is 1. The van der Waals surface area contributed by atoms with E-state index >= 15 is 0 Å². The Kier molecular flexibility index (Phi) is 11.4. The average Bonchev–Trinajstić information content (AvgIpc) is 3.13. The van der Waals surface area contributed by atoms with E-state index in [9.17, 15) is 37.9 Å². The zero-order valence-corrected chi connectivity index (χ0v) is 27.5. The van der Waals surface area contributed by atoms with Crippen LogP contribution in [-0.2, 0) is 31.1 Å². The van der Waals surface area contributed by atoms with Crippen LogP contribution < -0.4 is 20.7 Å². The number of halogens is 2. The van der Waals surface area contributed by atoms with Crippen molar-refractivity contribution in [1.29, 1.82) is 5.26 Å². The lowest BCUT2D eigenvalue weighted by molar-refractivity contribution is -0.141. The maximum atomic E-state index is 13.9. The van der Waals surface area contributed by atoms with Crippen LogP contribution in [0.4, 0.5) is 8.78 Å². The topological polar surface area (TPSA) is 175 Å². The third kappa shape index (κ3) is 8.75. The van der Waals surface area contributed by atoms with Crippen molar-refractivity contribution in [3.05, 3.63) is 137 Å². The molecule has 4 N–H and O–H groups in total. The maximum Gasteiger partial charge on any atom is 0.326 e. The van der Waals surface area contributed by atoms with Crippen molar-refractivity contribution >= 4 is 41.2 Å². The fourth-order valence-electron chi connectivity index (χ4n) is 5.44. The summed E-state index contributed by atoms with van der Waals surface area (Å²) in [6.45, 7) is -0.967. The van der Waals surface area contributed by atoms with E-state index in [4.69, 9.17) is 10.00 Å². The molecule has 11 nitrogen and oxygen atoms in total. The number of carbonyl (C=O) groups excluding carboxylic acids is 4. The molecule has 1 saturated heterocycles. The first-order valence-corrected chi connectivity index (χ1v) is 16.5. The largest absolute Gasteiger partial charge is 0.484 e. The molecule has 0 aliphatic carbocycles. The lowest BCUT2D eigenvalue weighted by Gasteiger charge is -2.49. The standard InChI is InChI=1S/C37H30F2N4O7S/c38-27-11-5-24(6-12-27)31(44)21-51-34-35(47)43-37(34,25-7-13-28(39)14-8-25)26-9-15-29(16-10-26)50-20-33(46)41-19-32(45)42-30(36(48)49)17-22-1-3-23(18-40)4-2-22/h1-16,30,34H,17,19-21H2,(H,41,46)(H,42,45)(H,43,47)(H,48,49)/t30-,34+,37+/m1/s1. The van der Waals surface area contributed by atoms with E-state index in [0.29, 0.717) is 27.8 Å². The summed E-state index contributed by atoms with van der Waals surface area (Å²) < 4.78 is 32.8. The van der Waals surface area contributed by atoms with Crippen LogP contribution in [0.3, 0.4) is 0 Å². The third-order valence-electron chi connectivity index (χ3n) is 8.08. The minimum atomic E-state index is -1.27. The molecule has 4 aromatic carbocycles. The second kappa shape index (κ2) is 16.1. The molecule has 5 rings (SSSR count). The number of amides is 3. The summed E-state index contributed by atoms with van der Waals surface area (Å²) in [5, 5.41) is 25.3. The number of benzene rings is 4. The number of hydrogen-bond donors (Lipinski definition) is 4. The van der Waals surface area contributed by atoms with Gasteiger partial charge in [-0.3, -0.25) is 19.2 Å². The summed E-state index contributed by atoms with van der Waals surface area (Å²) in [5.74, 6) is -4.02.